The number of imidazole rings is 1. The quantitative estimate of drug-likeness (QED) is 0.514. The van der Waals surface area contributed by atoms with Gasteiger partial charge in [0.05, 0.1) is 18.1 Å². The molecule has 4 rings (SSSR count). The zero-order valence-electron chi connectivity index (χ0n) is 20.0. The molecule has 1 fully saturated rings. The minimum absolute atomic E-state index is 0.144. The number of rotatable bonds is 7. The van der Waals surface area contributed by atoms with Crippen molar-refractivity contribution >= 4 is 19.5 Å². The zero-order valence-corrected chi connectivity index (χ0v) is 21.0. The average Bonchev–Trinajstić information content (AvgIpc) is 3.34. The molecule has 0 aliphatic heterocycles. The first-order valence-corrected chi connectivity index (χ1v) is 14.6. The van der Waals surface area contributed by atoms with E-state index in [2.05, 4.69) is 77.6 Å². The summed E-state index contributed by atoms with van der Waals surface area (Å²) in [5.74, 6) is 0.144. The molecule has 1 aliphatic rings. The second kappa shape index (κ2) is 9.04. The number of aryl methyl sites for hydroxylation is 2. The smallest absolute Gasteiger partial charge is 0.191 e. The van der Waals surface area contributed by atoms with E-state index in [4.69, 9.17) is 4.43 Å². The summed E-state index contributed by atoms with van der Waals surface area (Å²) in [6, 6.07) is 10.6. The minimum Gasteiger partial charge on any atom is -0.416 e. The van der Waals surface area contributed by atoms with Crippen molar-refractivity contribution in [2.45, 2.75) is 76.7 Å². The van der Waals surface area contributed by atoms with Crippen LogP contribution in [0.3, 0.4) is 0 Å². The maximum Gasteiger partial charge on any atom is 0.191 e. The van der Waals surface area contributed by atoms with Gasteiger partial charge in [0.2, 0.25) is 0 Å². The molecular formula is C25H36N4O2Si. The van der Waals surface area contributed by atoms with E-state index in [1.165, 1.54) is 5.56 Å². The van der Waals surface area contributed by atoms with Crippen LogP contribution in [0.25, 0.3) is 11.2 Å². The van der Waals surface area contributed by atoms with Gasteiger partial charge in [-0.15, -0.1) is 0 Å². The van der Waals surface area contributed by atoms with E-state index < -0.39 is 8.32 Å². The summed E-state index contributed by atoms with van der Waals surface area (Å²) in [7, 11) is -1.83. The van der Waals surface area contributed by atoms with Crippen LogP contribution in [0.5, 0.6) is 0 Å². The highest BCUT2D eigenvalue weighted by atomic mass is 28.4. The number of benzene rings is 1. The predicted molar refractivity (Wildman–Crippen MR) is 130 cm³/mol. The Morgan fingerprint density at radius 1 is 1.06 bits per heavy atom. The molecule has 6 nitrogen and oxygen atoms in total. The third-order valence-electron chi connectivity index (χ3n) is 7.42. The Morgan fingerprint density at radius 2 is 1.81 bits per heavy atom. The Bertz CT molecular complexity index is 1050. The second-order valence-corrected chi connectivity index (χ2v) is 15.5. The normalized spacial score (nSPS) is 22.0. The third-order valence-corrected chi connectivity index (χ3v) is 11.9. The van der Waals surface area contributed by atoms with Crippen molar-refractivity contribution in [3.05, 3.63) is 54.2 Å². The first kappa shape index (κ1) is 23.1. The minimum atomic E-state index is -1.83. The van der Waals surface area contributed by atoms with Gasteiger partial charge in [-0.1, -0.05) is 51.1 Å². The number of hydrogen-bond donors (Lipinski definition) is 1. The molecule has 3 atom stereocenters. The molecule has 7 heteroatoms. The van der Waals surface area contributed by atoms with Gasteiger partial charge in [-0.3, -0.25) is 0 Å². The van der Waals surface area contributed by atoms with Crippen molar-refractivity contribution in [1.82, 2.24) is 19.5 Å². The average molecular weight is 453 g/mol. The molecule has 172 valence electrons. The van der Waals surface area contributed by atoms with Crippen LogP contribution in [-0.4, -0.2) is 45.7 Å². The molecule has 32 heavy (non-hydrogen) atoms. The molecule has 0 radical (unpaired) electrons. The molecule has 3 aromatic rings. The van der Waals surface area contributed by atoms with Crippen molar-refractivity contribution < 1.29 is 9.53 Å². The van der Waals surface area contributed by atoms with E-state index in [0.29, 0.717) is 13.0 Å². The maximum absolute atomic E-state index is 10.8. The highest BCUT2D eigenvalue weighted by molar-refractivity contribution is 6.74. The van der Waals surface area contributed by atoms with Gasteiger partial charge in [-0.2, -0.15) is 0 Å². The lowest BCUT2D eigenvalue weighted by molar-refractivity contribution is 0.0936. The van der Waals surface area contributed by atoms with Gasteiger partial charge >= 0.3 is 0 Å². The number of aliphatic hydroxyl groups excluding tert-OH is 1. The van der Waals surface area contributed by atoms with Crippen LogP contribution in [0, 0.1) is 5.92 Å². The molecule has 1 saturated carbocycles. The lowest BCUT2D eigenvalue weighted by Crippen LogP contribution is -2.42. The molecule has 0 amide bonds. The van der Waals surface area contributed by atoms with E-state index in [-0.39, 0.29) is 23.1 Å². The van der Waals surface area contributed by atoms with E-state index in [9.17, 15) is 5.11 Å². The van der Waals surface area contributed by atoms with Crippen LogP contribution in [0.2, 0.25) is 18.1 Å². The Labute approximate surface area is 192 Å². The molecule has 1 aliphatic carbocycles. The fraction of sp³-hybridized carbons (Fsp3) is 0.560. The number of aliphatic hydroxyl groups is 1. The van der Waals surface area contributed by atoms with E-state index in [0.717, 1.165) is 36.1 Å². The second-order valence-electron chi connectivity index (χ2n) is 10.7. The van der Waals surface area contributed by atoms with Gasteiger partial charge in [-0.05, 0) is 49.4 Å². The molecule has 0 bridgehead atoms. The third kappa shape index (κ3) is 4.80. The van der Waals surface area contributed by atoms with Gasteiger partial charge in [-0.25, -0.2) is 15.0 Å². The highest BCUT2D eigenvalue weighted by Gasteiger charge is 2.40. The van der Waals surface area contributed by atoms with E-state index in [1.807, 2.05) is 12.4 Å². The summed E-state index contributed by atoms with van der Waals surface area (Å²) in [6.07, 6.45) is 6.50. The lowest BCUT2D eigenvalue weighted by atomic mass is 10.1. The summed E-state index contributed by atoms with van der Waals surface area (Å²) in [6.45, 7) is 11.9. The summed E-state index contributed by atoms with van der Waals surface area (Å²) in [4.78, 5) is 13.7. The SMILES string of the molecule is CC(C)(C)[Si](C)(C)OC[C@H]1C[C@@H](n2cnc3c(CCc4ccccc4)ncnc32)C[C@@H]1O. The largest absolute Gasteiger partial charge is 0.416 e. The summed E-state index contributed by atoms with van der Waals surface area (Å²) >= 11 is 0. The molecule has 0 saturated heterocycles. The molecule has 2 aromatic heterocycles. The van der Waals surface area contributed by atoms with Crippen LogP contribution >= 0.6 is 0 Å². The van der Waals surface area contributed by atoms with Gasteiger partial charge < -0.3 is 14.1 Å². The summed E-state index contributed by atoms with van der Waals surface area (Å²) < 4.78 is 8.56. The Morgan fingerprint density at radius 3 is 2.53 bits per heavy atom. The fourth-order valence-corrected chi connectivity index (χ4v) is 5.33. The van der Waals surface area contributed by atoms with Crippen molar-refractivity contribution in [3.63, 3.8) is 0 Å². The lowest BCUT2D eigenvalue weighted by Gasteiger charge is -2.37. The van der Waals surface area contributed by atoms with Crippen molar-refractivity contribution in [3.8, 4) is 0 Å². The monoisotopic (exact) mass is 452 g/mol. The Hall–Kier alpha value is -2.09. The van der Waals surface area contributed by atoms with E-state index in [1.54, 1.807) is 6.33 Å². The van der Waals surface area contributed by atoms with Gasteiger partial charge in [0, 0.05) is 18.6 Å². The first-order chi connectivity index (χ1) is 15.2. The molecule has 0 unspecified atom stereocenters. The van der Waals surface area contributed by atoms with Crippen LogP contribution in [0.15, 0.2) is 43.0 Å². The predicted octanol–water partition coefficient (Wildman–Crippen LogP) is 4.95. The number of fused-ring (bicyclic) bond motifs is 1. The Balaban J connectivity index is 1.46. The van der Waals surface area contributed by atoms with Gasteiger partial charge in [0.25, 0.3) is 0 Å². The van der Waals surface area contributed by atoms with Crippen LogP contribution in [0.4, 0.5) is 0 Å². The number of hydrogen-bond acceptors (Lipinski definition) is 5. The van der Waals surface area contributed by atoms with Crippen LogP contribution in [0.1, 0.15) is 50.9 Å². The molecular weight excluding hydrogens is 416 g/mol. The molecule has 2 heterocycles. The van der Waals surface area contributed by atoms with Gasteiger partial charge in [0.1, 0.15) is 11.8 Å². The van der Waals surface area contributed by atoms with Gasteiger partial charge in [0.15, 0.2) is 14.0 Å². The molecule has 1 N–H and O–H groups in total. The molecule has 1 aromatic carbocycles. The number of nitrogens with zero attached hydrogens (tertiary/aromatic N) is 4. The highest BCUT2D eigenvalue weighted by Crippen LogP contribution is 2.40. The van der Waals surface area contributed by atoms with Crippen LogP contribution in [-0.2, 0) is 17.3 Å². The topological polar surface area (TPSA) is 73.1 Å². The number of aromatic nitrogens is 4. The zero-order chi connectivity index (χ0) is 22.9. The Kier molecular flexibility index (Phi) is 6.52. The maximum atomic E-state index is 10.8. The van der Waals surface area contributed by atoms with E-state index >= 15 is 0 Å². The molecule has 0 spiro atoms. The first-order valence-electron chi connectivity index (χ1n) is 11.7. The van der Waals surface area contributed by atoms with Crippen LogP contribution < -0.4 is 0 Å². The van der Waals surface area contributed by atoms with Crippen molar-refractivity contribution in [1.29, 1.82) is 0 Å². The fourth-order valence-electron chi connectivity index (χ4n) is 4.27. The summed E-state index contributed by atoms with van der Waals surface area (Å²) in [5, 5.41) is 10.9. The summed E-state index contributed by atoms with van der Waals surface area (Å²) in [5.41, 5.74) is 4.02. The van der Waals surface area contributed by atoms with Crippen molar-refractivity contribution in [2.75, 3.05) is 6.61 Å². The van der Waals surface area contributed by atoms with Crippen molar-refractivity contribution in [2.24, 2.45) is 5.92 Å². The standard InChI is InChI=1S/C25H36N4O2Si/c1-25(2,3)32(4,5)31-15-19-13-20(14-22(19)30)29-17-28-23-21(26-16-27-24(23)29)12-11-18-9-7-6-8-10-18/h6-10,16-17,19-20,22,30H,11-15H2,1-5H3/t19-,20-,22+/m1/s1.